The minimum absolute atomic E-state index is 0.00782. The molecule has 0 aliphatic heterocycles. The summed E-state index contributed by atoms with van der Waals surface area (Å²) in [7, 11) is 0. The average Bonchev–Trinajstić information content (AvgIpc) is 3.08. The number of rotatable bonds is 5. The number of nitrogens with zero attached hydrogens (tertiary/aromatic N) is 2. The van der Waals surface area contributed by atoms with E-state index in [0.29, 0.717) is 6.29 Å². The molecule has 0 saturated carbocycles. The zero-order chi connectivity index (χ0) is 18.1. The summed E-state index contributed by atoms with van der Waals surface area (Å²) >= 11 is 1.63. The number of aromatic nitrogens is 2. The number of halogens is 2. The first kappa shape index (κ1) is 18.7. The van der Waals surface area contributed by atoms with E-state index in [2.05, 4.69) is 22.2 Å². The second kappa shape index (κ2) is 9.58. The molecule has 0 amide bonds. The van der Waals surface area contributed by atoms with Crippen molar-refractivity contribution in [1.82, 2.24) is 9.97 Å². The third-order valence-corrected chi connectivity index (χ3v) is 3.93. The van der Waals surface area contributed by atoms with Gasteiger partial charge in [0.2, 0.25) is 0 Å². The third-order valence-electron chi connectivity index (χ3n) is 3.13. The lowest BCUT2D eigenvalue weighted by molar-refractivity contribution is -0.107. The van der Waals surface area contributed by atoms with Crippen LogP contribution in [0.4, 0.5) is 13.9 Å². The number of thiazole rings is 1. The molecule has 0 bridgehead atoms. The van der Waals surface area contributed by atoms with Gasteiger partial charge in [0.05, 0.1) is 5.69 Å². The second-order valence-electron chi connectivity index (χ2n) is 4.91. The fourth-order valence-electron chi connectivity index (χ4n) is 1.94. The highest BCUT2D eigenvalue weighted by molar-refractivity contribution is 7.14. The molecule has 3 aromatic rings. The first-order valence-corrected chi connectivity index (χ1v) is 8.49. The van der Waals surface area contributed by atoms with Gasteiger partial charge in [-0.2, -0.15) is 0 Å². The monoisotopic (exact) mass is 361 g/mol. The SMILES string of the molecule is CCNc1nc(-c2ccncc2)cs1.O=CCc1ccc(F)cc1F. The van der Waals surface area contributed by atoms with Crippen molar-refractivity contribution in [3.63, 3.8) is 0 Å². The first-order chi connectivity index (χ1) is 12.1. The van der Waals surface area contributed by atoms with Crippen LogP contribution in [0.25, 0.3) is 11.3 Å². The molecule has 1 N–H and O–H groups in total. The van der Waals surface area contributed by atoms with Crippen LogP contribution in [0.15, 0.2) is 48.1 Å². The highest BCUT2D eigenvalue weighted by atomic mass is 32.1. The zero-order valence-electron chi connectivity index (χ0n) is 13.6. The summed E-state index contributed by atoms with van der Waals surface area (Å²) in [6.45, 7) is 2.97. The minimum Gasteiger partial charge on any atom is -0.362 e. The molecule has 130 valence electrons. The quantitative estimate of drug-likeness (QED) is 0.687. The Hall–Kier alpha value is -2.67. The molecule has 7 heteroatoms. The molecule has 0 fully saturated rings. The maximum Gasteiger partial charge on any atom is 0.183 e. The molecular formula is C18H17F2N3OS. The molecule has 0 spiro atoms. The number of hydrogen-bond acceptors (Lipinski definition) is 5. The third kappa shape index (κ3) is 5.72. The van der Waals surface area contributed by atoms with E-state index < -0.39 is 11.6 Å². The molecule has 1 aromatic carbocycles. The largest absolute Gasteiger partial charge is 0.362 e. The molecule has 0 unspecified atom stereocenters. The highest BCUT2D eigenvalue weighted by Gasteiger charge is 2.02. The number of pyridine rings is 1. The Morgan fingerprint density at radius 1 is 1.20 bits per heavy atom. The predicted octanol–water partition coefficient (Wildman–Crippen LogP) is 4.34. The number of carbonyl (C=O) groups is 1. The molecule has 2 heterocycles. The molecule has 0 radical (unpaired) electrons. The molecule has 3 rings (SSSR count). The lowest BCUT2D eigenvalue weighted by atomic mass is 10.1. The van der Waals surface area contributed by atoms with Gasteiger partial charge in [0, 0.05) is 42.4 Å². The molecule has 0 saturated heterocycles. The van der Waals surface area contributed by atoms with Crippen LogP contribution in [0.5, 0.6) is 0 Å². The Morgan fingerprint density at radius 3 is 2.60 bits per heavy atom. The summed E-state index contributed by atoms with van der Waals surface area (Å²) in [5, 5.41) is 6.21. The van der Waals surface area contributed by atoms with E-state index in [1.54, 1.807) is 23.7 Å². The number of aldehydes is 1. The van der Waals surface area contributed by atoms with Crippen LogP contribution in [-0.2, 0) is 11.2 Å². The Bertz CT molecular complexity index is 809. The van der Waals surface area contributed by atoms with E-state index in [1.165, 1.54) is 6.07 Å². The van der Waals surface area contributed by atoms with Crippen molar-refractivity contribution in [1.29, 1.82) is 0 Å². The number of nitrogens with one attached hydrogen (secondary N) is 1. The fraction of sp³-hybridized carbons (Fsp3) is 0.167. The molecule has 4 nitrogen and oxygen atoms in total. The van der Waals surface area contributed by atoms with E-state index in [-0.39, 0.29) is 12.0 Å². The van der Waals surface area contributed by atoms with Gasteiger partial charge in [-0.05, 0) is 30.7 Å². The van der Waals surface area contributed by atoms with Gasteiger partial charge in [0.1, 0.15) is 17.9 Å². The van der Waals surface area contributed by atoms with Crippen molar-refractivity contribution in [2.75, 3.05) is 11.9 Å². The van der Waals surface area contributed by atoms with Crippen LogP contribution >= 0.6 is 11.3 Å². The predicted molar refractivity (Wildman–Crippen MR) is 95.6 cm³/mol. The normalized spacial score (nSPS) is 9.88. The Morgan fingerprint density at radius 2 is 1.96 bits per heavy atom. The Kier molecular flexibility index (Phi) is 7.16. The van der Waals surface area contributed by atoms with E-state index in [9.17, 15) is 13.6 Å². The molecule has 0 aliphatic rings. The molecule has 0 atom stereocenters. The molecular weight excluding hydrogens is 344 g/mol. The second-order valence-corrected chi connectivity index (χ2v) is 5.77. The van der Waals surface area contributed by atoms with Gasteiger partial charge >= 0.3 is 0 Å². The summed E-state index contributed by atoms with van der Waals surface area (Å²) in [5.74, 6) is -1.30. The van der Waals surface area contributed by atoms with Crippen molar-refractivity contribution >= 4 is 22.8 Å². The summed E-state index contributed by atoms with van der Waals surface area (Å²) in [6.07, 6.45) is 4.13. The average molecular weight is 361 g/mol. The van der Waals surface area contributed by atoms with Gasteiger partial charge < -0.3 is 10.1 Å². The Labute approximate surface area is 148 Å². The van der Waals surface area contributed by atoms with Crippen molar-refractivity contribution in [3.05, 3.63) is 65.3 Å². The van der Waals surface area contributed by atoms with E-state index in [4.69, 9.17) is 0 Å². The van der Waals surface area contributed by atoms with Crippen LogP contribution in [0.1, 0.15) is 12.5 Å². The fourth-order valence-corrected chi connectivity index (χ4v) is 2.73. The number of benzene rings is 1. The molecule has 2 aromatic heterocycles. The zero-order valence-corrected chi connectivity index (χ0v) is 14.4. The number of hydrogen-bond donors (Lipinski definition) is 1. The highest BCUT2D eigenvalue weighted by Crippen LogP contribution is 2.23. The van der Waals surface area contributed by atoms with Gasteiger partial charge in [0.25, 0.3) is 0 Å². The lowest BCUT2D eigenvalue weighted by Gasteiger charge is -1.96. The van der Waals surface area contributed by atoms with Crippen LogP contribution in [0.3, 0.4) is 0 Å². The van der Waals surface area contributed by atoms with Crippen molar-refractivity contribution < 1.29 is 13.6 Å². The van der Waals surface area contributed by atoms with Crippen molar-refractivity contribution in [2.24, 2.45) is 0 Å². The minimum atomic E-state index is -0.669. The lowest BCUT2D eigenvalue weighted by Crippen LogP contribution is -1.94. The standard InChI is InChI=1S/C10H11N3S.C8H6F2O/c1-2-12-10-13-9(7-14-10)8-3-5-11-6-4-8;9-7-2-1-6(3-4-11)8(10)5-7/h3-7H,2H2,1H3,(H,12,13);1-2,4-5H,3H2. The maximum absolute atomic E-state index is 12.6. The van der Waals surface area contributed by atoms with Crippen molar-refractivity contribution in [3.8, 4) is 11.3 Å². The summed E-state index contributed by atoms with van der Waals surface area (Å²) < 4.78 is 24.9. The smallest absolute Gasteiger partial charge is 0.183 e. The van der Waals surface area contributed by atoms with Crippen LogP contribution in [0.2, 0.25) is 0 Å². The molecule has 25 heavy (non-hydrogen) atoms. The first-order valence-electron chi connectivity index (χ1n) is 7.61. The van der Waals surface area contributed by atoms with E-state index in [0.717, 1.165) is 35.1 Å². The number of carbonyl (C=O) groups excluding carboxylic acids is 1. The van der Waals surface area contributed by atoms with Gasteiger partial charge in [-0.25, -0.2) is 13.8 Å². The number of anilines is 1. The van der Waals surface area contributed by atoms with Gasteiger partial charge in [0.15, 0.2) is 5.13 Å². The van der Waals surface area contributed by atoms with Crippen LogP contribution in [-0.4, -0.2) is 22.8 Å². The molecule has 0 aliphatic carbocycles. The summed E-state index contributed by atoms with van der Waals surface area (Å²) in [5.41, 5.74) is 2.34. The topological polar surface area (TPSA) is 54.9 Å². The van der Waals surface area contributed by atoms with Crippen molar-refractivity contribution in [2.45, 2.75) is 13.3 Å². The van der Waals surface area contributed by atoms with Gasteiger partial charge in [-0.15, -0.1) is 11.3 Å². The Balaban J connectivity index is 0.000000186. The van der Waals surface area contributed by atoms with Crippen LogP contribution in [0, 0.1) is 11.6 Å². The van der Waals surface area contributed by atoms with Gasteiger partial charge in [-0.3, -0.25) is 4.98 Å². The maximum atomic E-state index is 12.6. The van der Waals surface area contributed by atoms with E-state index >= 15 is 0 Å². The van der Waals surface area contributed by atoms with E-state index in [1.807, 2.05) is 17.5 Å². The summed E-state index contributed by atoms with van der Waals surface area (Å²) in [6, 6.07) is 7.08. The summed E-state index contributed by atoms with van der Waals surface area (Å²) in [4.78, 5) is 18.4. The van der Waals surface area contributed by atoms with Gasteiger partial charge in [-0.1, -0.05) is 6.07 Å². The van der Waals surface area contributed by atoms with Crippen LogP contribution < -0.4 is 5.32 Å².